The average molecular weight is 501 g/mol. The van der Waals surface area contributed by atoms with Crippen LogP contribution in [0.4, 0.5) is 0 Å². The topological polar surface area (TPSA) is 161 Å². The van der Waals surface area contributed by atoms with Crippen LogP contribution in [0.1, 0.15) is 54.4 Å². The third-order valence-corrected chi connectivity index (χ3v) is 8.62. The van der Waals surface area contributed by atoms with Crippen molar-refractivity contribution in [2.45, 2.75) is 102 Å². The fourth-order valence-corrected chi connectivity index (χ4v) is 6.66. The third kappa shape index (κ3) is 3.61. The van der Waals surface area contributed by atoms with Gasteiger partial charge in [-0.25, -0.2) is 0 Å². The van der Waals surface area contributed by atoms with Gasteiger partial charge in [0.2, 0.25) is 0 Å². The number of aliphatic hydroxyl groups excluding tert-OH is 2. The van der Waals surface area contributed by atoms with Gasteiger partial charge in [0.25, 0.3) is 0 Å². The number of carbonyl (C=O) groups is 3. The second-order valence-electron chi connectivity index (χ2n) is 11.3. The lowest BCUT2D eigenvalue weighted by Crippen LogP contribution is -2.76. The van der Waals surface area contributed by atoms with E-state index in [1.165, 1.54) is 20.8 Å². The van der Waals surface area contributed by atoms with Crippen LogP contribution in [0, 0.1) is 16.7 Å². The first kappa shape index (κ1) is 26.3. The molecule has 0 radical (unpaired) electrons. The zero-order valence-corrected chi connectivity index (χ0v) is 21.0. The van der Waals surface area contributed by atoms with Crippen LogP contribution in [0.25, 0.3) is 0 Å². The van der Waals surface area contributed by atoms with Crippen LogP contribution in [0.5, 0.6) is 0 Å². The van der Waals surface area contributed by atoms with Gasteiger partial charge in [-0.15, -0.1) is 0 Å². The lowest BCUT2D eigenvalue weighted by molar-refractivity contribution is -0.324. The molecule has 0 aromatic carbocycles. The Kier molecular flexibility index (Phi) is 6.29. The van der Waals surface area contributed by atoms with Gasteiger partial charge in [-0.3, -0.25) is 14.4 Å². The molecule has 4 aliphatic rings. The van der Waals surface area contributed by atoms with Crippen LogP contribution < -0.4 is 0 Å². The molecule has 0 amide bonds. The molecule has 3 N–H and O–H groups in total. The predicted octanol–water partition coefficient (Wildman–Crippen LogP) is -0.142. The molecule has 1 spiro atoms. The largest absolute Gasteiger partial charge is 0.465 e. The second-order valence-corrected chi connectivity index (χ2v) is 11.3. The first-order valence-corrected chi connectivity index (χ1v) is 12.0. The Bertz CT molecular complexity index is 896. The van der Waals surface area contributed by atoms with E-state index in [1.54, 1.807) is 6.92 Å². The van der Waals surface area contributed by atoms with Gasteiger partial charge < -0.3 is 39.0 Å². The second kappa shape index (κ2) is 8.37. The molecule has 0 aromatic rings. The predicted molar refractivity (Wildman–Crippen MR) is 117 cm³/mol. The molecule has 0 aromatic heterocycles. The van der Waals surface area contributed by atoms with Gasteiger partial charge in [0.05, 0.1) is 18.1 Å². The SMILES string of the molecule is CC(=O)OC[C@]12C[C@H](OC(=O)CC(C)C)[C@@](C)(O)[C@@H](O)[C@H]1O[C@@H]1[C@H](O)[C@@H](OC(C)=O)[C@@]2(C)[C@]12CO2. The minimum atomic E-state index is -1.91. The summed E-state index contributed by atoms with van der Waals surface area (Å²) in [6.45, 7) is 9.11. The molecule has 198 valence electrons. The highest BCUT2D eigenvalue weighted by molar-refractivity contribution is 5.70. The van der Waals surface area contributed by atoms with Crippen molar-refractivity contribution in [1.82, 2.24) is 0 Å². The number of ether oxygens (including phenoxy) is 5. The van der Waals surface area contributed by atoms with Crippen LogP contribution in [0.2, 0.25) is 0 Å². The molecule has 35 heavy (non-hydrogen) atoms. The Hall–Kier alpha value is -1.79. The van der Waals surface area contributed by atoms with Crippen molar-refractivity contribution in [1.29, 1.82) is 0 Å². The van der Waals surface area contributed by atoms with Gasteiger partial charge >= 0.3 is 17.9 Å². The Morgan fingerprint density at radius 2 is 1.69 bits per heavy atom. The minimum absolute atomic E-state index is 0.00136. The smallest absolute Gasteiger partial charge is 0.306 e. The van der Waals surface area contributed by atoms with E-state index >= 15 is 0 Å². The van der Waals surface area contributed by atoms with Crippen LogP contribution in [-0.2, 0) is 38.1 Å². The Balaban J connectivity index is 1.85. The van der Waals surface area contributed by atoms with Gasteiger partial charge in [0.1, 0.15) is 48.3 Å². The number of fused-ring (bicyclic) bond motifs is 2. The molecular weight excluding hydrogens is 464 g/mol. The van der Waals surface area contributed by atoms with Crippen molar-refractivity contribution in [2.75, 3.05) is 13.2 Å². The van der Waals surface area contributed by atoms with Crippen molar-refractivity contribution in [2.24, 2.45) is 16.7 Å². The number of carbonyl (C=O) groups excluding carboxylic acids is 3. The number of aliphatic hydroxyl groups is 3. The molecule has 2 bridgehead atoms. The Labute approximate surface area is 204 Å². The summed E-state index contributed by atoms with van der Waals surface area (Å²) in [5.74, 6) is -1.79. The van der Waals surface area contributed by atoms with Crippen molar-refractivity contribution in [3.63, 3.8) is 0 Å². The lowest BCUT2D eigenvalue weighted by Gasteiger charge is -2.63. The molecule has 2 heterocycles. The van der Waals surface area contributed by atoms with Crippen molar-refractivity contribution in [3.8, 4) is 0 Å². The van der Waals surface area contributed by atoms with E-state index in [4.69, 9.17) is 23.7 Å². The van der Waals surface area contributed by atoms with Gasteiger partial charge in [0, 0.05) is 25.7 Å². The minimum Gasteiger partial charge on any atom is -0.465 e. The first-order chi connectivity index (χ1) is 16.1. The highest BCUT2D eigenvalue weighted by Crippen LogP contribution is 2.73. The molecule has 10 atom stereocenters. The summed E-state index contributed by atoms with van der Waals surface area (Å²) in [6, 6.07) is 0. The van der Waals surface area contributed by atoms with E-state index in [2.05, 4.69) is 0 Å². The van der Waals surface area contributed by atoms with Crippen LogP contribution in [-0.4, -0.2) is 94.3 Å². The lowest BCUT2D eigenvalue weighted by atomic mass is 9.48. The summed E-state index contributed by atoms with van der Waals surface area (Å²) in [5, 5.41) is 33.9. The standard InChI is InChI=1S/C24H36O11/c1-11(2)7-15(27)34-14-8-23(9-31-12(3)25)20(17(29)21(14,5)30)35-19-16(28)18(33-13(4)26)22(23,6)24(19)10-32-24/h11,14,16-20,28-30H,7-10H2,1-6H3/t14-,16+,17-,18+,19+,20+,21+,22+,23+,24-/m0/s1. The Morgan fingerprint density at radius 3 is 2.20 bits per heavy atom. The summed E-state index contributed by atoms with van der Waals surface area (Å²) < 4.78 is 28.9. The maximum absolute atomic E-state index is 12.6. The highest BCUT2D eigenvalue weighted by Gasteiger charge is 2.88. The summed E-state index contributed by atoms with van der Waals surface area (Å²) in [4.78, 5) is 36.6. The number of hydrogen-bond donors (Lipinski definition) is 3. The van der Waals surface area contributed by atoms with E-state index in [1.807, 2.05) is 13.8 Å². The number of rotatable bonds is 6. The summed E-state index contributed by atoms with van der Waals surface area (Å²) in [6.07, 6.45) is -7.35. The van der Waals surface area contributed by atoms with Crippen LogP contribution in [0.3, 0.4) is 0 Å². The Morgan fingerprint density at radius 1 is 1.06 bits per heavy atom. The van der Waals surface area contributed by atoms with Crippen LogP contribution in [0.15, 0.2) is 0 Å². The molecule has 11 nitrogen and oxygen atoms in total. The van der Waals surface area contributed by atoms with E-state index in [0.717, 1.165) is 0 Å². The quantitative estimate of drug-likeness (QED) is 0.253. The molecule has 4 rings (SSSR count). The molecular formula is C24H36O11. The third-order valence-electron chi connectivity index (χ3n) is 8.62. The summed E-state index contributed by atoms with van der Waals surface area (Å²) >= 11 is 0. The van der Waals surface area contributed by atoms with E-state index < -0.39 is 76.6 Å². The fourth-order valence-electron chi connectivity index (χ4n) is 6.66. The molecule has 2 aliphatic carbocycles. The molecule has 0 unspecified atom stereocenters. The zero-order chi connectivity index (χ0) is 26.1. The van der Waals surface area contributed by atoms with Crippen molar-refractivity contribution in [3.05, 3.63) is 0 Å². The number of epoxide rings is 1. The zero-order valence-electron chi connectivity index (χ0n) is 21.0. The maximum atomic E-state index is 12.6. The normalized spacial score (nSPS) is 47.8. The van der Waals surface area contributed by atoms with Gasteiger partial charge in [-0.2, -0.15) is 0 Å². The van der Waals surface area contributed by atoms with Crippen molar-refractivity contribution < 1.29 is 53.4 Å². The summed E-state index contributed by atoms with van der Waals surface area (Å²) in [7, 11) is 0. The van der Waals surface area contributed by atoms with Gasteiger partial charge in [-0.1, -0.05) is 20.8 Å². The van der Waals surface area contributed by atoms with Gasteiger partial charge in [-0.05, 0) is 19.3 Å². The fraction of sp³-hybridized carbons (Fsp3) is 0.875. The monoisotopic (exact) mass is 500 g/mol. The van der Waals surface area contributed by atoms with Crippen molar-refractivity contribution >= 4 is 17.9 Å². The maximum Gasteiger partial charge on any atom is 0.306 e. The average Bonchev–Trinajstić information content (AvgIpc) is 3.51. The number of hydrogen-bond acceptors (Lipinski definition) is 11. The van der Waals surface area contributed by atoms with E-state index in [9.17, 15) is 29.7 Å². The molecule has 4 fully saturated rings. The molecule has 2 aliphatic heterocycles. The molecule has 2 saturated carbocycles. The van der Waals surface area contributed by atoms with E-state index in [-0.39, 0.29) is 32.0 Å². The van der Waals surface area contributed by atoms with Crippen LogP contribution >= 0.6 is 0 Å². The number of esters is 3. The first-order valence-electron chi connectivity index (χ1n) is 12.0. The van der Waals surface area contributed by atoms with E-state index in [0.29, 0.717) is 0 Å². The van der Waals surface area contributed by atoms with Gasteiger partial charge in [0.15, 0.2) is 0 Å². The molecule has 11 heteroatoms. The highest BCUT2D eigenvalue weighted by atomic mass is 16.7. The summed E-state index contributed by atoms with van der Waals surface area (Å²) in [5.41, 5.74) is -5.58. The molecule has 2 saturated heterocycles.